The SMILES string of the molecule is CCCCCCCCCC(=O)OCCCC12CC3CC(CCCOC(=O)CCCN(CC)CC)(C1)CC(CCCOC(=O)CC(CCCCCC)CCCCCCCC)(C3)C2. The molecule has 0 saturated heterocycles. The van der Waals surface area contributed by atoms with E-state index in [-0.39, 0.29) is 17.9 Å². The van der Waals surface area contributed by atoms with Crippen LogP contribution in [0.5, 0.6) is 0 Å². The predicted molar refractivity (Wildman–Crippen MR) is 254 cm³/mol. The van der Waals surface area contributed by atoms with Crippen molar-refractivity contribution in [1.82, 2.24) is 4.90 Å². The number of unbranched alkanes of at least 4 members (excludes halogenated alkanes) is 14. The van der Waals surface area contributed by atoms with Gasteiger partial charge >= 0.3 is 17.9 Å². The maximum Gasteiger partial charge on any atom is 0.306 e. The zero-order valence-corrected chi connectivity index (χ0v) is 41.0. The van der Waals surface area contributed by atoms with Crippen LogP contribution in [-0.4, -0.2) is 62.3 Å². The molecule has 4 bridgehead atoms. The molecular weight excluding hydrogens is 759 g/mol. The van der Waals surface area contributed by atoms with Gasteiger partial charge in [-0.3, -0.25) is 14.4 Å². The van der Waals surface area contributed by atoms with Crippen molar-refractivity contribution in [2.45, 2.75) is 259 Å². The number of hydrogen-bond acceptors (Lipinski definition) is 7. The first-order valence-corrected chi connectivity index (χ1v) is 26.8. The monoisotopic (exact) mass is 858 g/mol. The molecule has 4 saturated carbocycles. The highest BCUT2D eigenvalue weighted by Crippen LogP contribution is 2.73. The van der Waals surface area contributed by atoms with Crippen LogP contribution < -0.4 is 0 Å². The highest BCUT2D eigenvalue weighted by molar-refractivity contribution is 5.70. The number of carbonyl (C=O) groups excluding carboxylic acids is 3. The van der Waals surface area contributed by atoms with Crippen molar-refractivity contribution in [3.05, 3.63) is 0 Å². The van der Waals surface area contributed by atoms with E-state index in [0.717, 1.165) is 96.2 Å². The van der Waals surface area contributed by atoms with E-state index < -0.39 is 0 Å². The van der Waals surface area contributed by atoms with E-state index >= 15 is 0 Å². The second-order valence-electron chi connectivity index (χ2n) is 21.0. The third kappa shape index (κ3) is 21.7. The first-order chi connectivity index (χ1) is 29.6. The van der Waals surface area contributed by atoms with Gasteiger partial charge in [-0.2, -0.15) is 0 Å². The predicted octanol–water partition coefficient (Wildman–Crippen LogP) is 14.9. The third-order valence-electron chi connectivity index (χ3n) is 15.4. The van der Waals surface area contributed by atoms with E-state index in [2.05, 4.69) is 39.5 Å². The van der Waals surface area contributed by atoms with Gasteiger partial charge < -0.3 is 19.1 Å². The lowest BCUT2D eigenvalue weighted by Crippen LogP contribution is -2.57. The average Bonchev–Trinajstić information content (AvgIpc) is 3.23. The molecule has 0 N–H and O–H groups in total. The summed E-state index contributed by atoms with van der Waals surface area (Å²) in [5.74, 6) is 1.15. The van der Waals surface area contributed by atoms with Crippen LogP contribution in [0.4, 0.5) is 0 Å². The summed E-state index contributed by atoms with van der Waals surface area (Å²) >= 11 is 0. The van der Waals surface area contributed by atoms with Crippen molar-refractivity contribution in [2.75, 3.05) is 39.5 Å². The van der Waals surface area contributed by atoms with Crippen LogP contribution in [0.2, 0.25) is 0 Å². The van der Waals surface area contributed by atoms with Gasteiger partial charge in [0.25, 0.3) is 0 Å². The van der Waals surface area contributed by atoms with Gasteiger partial charge in [0.1, 0.15) is 0 Å². The van der Waals surface area contributed by atoms with Gasteiger partial charge in [-0.15, -0.1) is 0 Å². The Morgan fingerprint density at radius 2 is 0.852 bits per heavy atom. The standard InChI is InChI=1S/C54H99NO6/c1-6-11-14-17-19-21-24-31-49(56)59-37-26-33-52-41-48-42-53(44-52,34-27-38-60-50(57)32-25-36-55(9-4)10-5)46-54(43-48,45-52)35-28-39-61-51(58)40-47(29-22-16-13-8-3)30-23-20-18-15-12-7-2/h47-48H,6-46H2,1-5H3. The number of hydrogen-bond donors (Lipinski definition) is 0. The van der Waals surface area contributed by atoms with Crippen LogP contribution in [-0.2, 0) is 28.6 Å². The molecule has 0 amide bonds. The molecule has 7 nitrogen and oxygen atoms in total. The smallest absolute Gasteiger partial charge is 0.306 e. The zero-order chi connectivity index (χ0) is 44.1. The Balaban J connectivity index is 1.53. The van der Waals surface area contributed by atoms with Crippen molar-refractivity contribution in [3.8, 4) is 0 Å². The summed E-state index contributed by atoms with van der Waals surface area (Å²) in [5.41, 5.74) is 0.880. The summed E-state index contributed by atoms with van der Waals surface area (Å²) in [7, 11) is 0. The Bertz CT molecular complexity index is 1170. The fourth-order valence-electron chi connectivity index (χ4n) is 12.9. The molecule has 0 spiro atoms. The molecule has 4 aliphatic rings. The van der Waals surface area contributed by atoms with E-state index in [0.29, 0.717) is 61.2 Å². The van der Waals surface area contributed by atoms with E-state index in [1.807, 2.05) is 0 Å². The molecule has 7 heteroatoms. The van der Waals surface area contributed by atoms with Gasteiger partial charge in [0.05, 0.1) is 19.8 Å². The summed E-state index contributed by atoms with van der Waals surface area (Å²) in [5, 5.41) is 0. The molecule has 61 heavy (non-hydrogen) atoms. The Morgan fingerprint density at radius 3 is 1.30 bits per heavy atom. The Morgan fingerprint density at radius 1 is 0.475 bits per heavy atom. The van der Waals surface area contributed by atoms with Gasteiger partial charge in [0.2, 0.25) is 0 Å². The molecule has 0 aromatic heterocycles. The molecular formula is C54H99NO6. The van der Waals surface area contributed by atoms with Crippen LogP contribution in [0, 0.1) is 28.1 Å². The van der Waals surface area contributed by atoms with Crippen LogP contribution >= 0.6 is 0 Å². The van der Waals surface area contributed by atoms with Gasteiger partial charge in [-0.25, -0.2) is 0 Å². The minimum absolute atomic E-state index is 0.0191. The van der Waals surface area contributed by atoms with Crippen molar-refractivity contribution in [3.63, 3.8) is 0 Å². The molecule has 0 aromatic rings. The Kier molecular flexibility index (Phi) is 27.5. The van der Waals surface area contributed by atoms with Gasteiger partial charge in [-0.1, -0.05) is 137 Å². The lowest BCUT2D eigenvalue weighted by molar-refractivity contribution is -0.173. The highest BCUT2D eigenvalue weighted by Gasteiger charge is 2.62. The number of rotatable bonds is 40. The molecule has 4 fully saturated rings. The van der Waals surface area contributed by atoms with Crippen molar-refractivity contribution in [1.29, 1.82) is 0 Å². The minimum atomic E-state index is -0.0492. The second kappa shape index (κ2) is 31.3. The maximum absolute atomic E-state index is 13.3. The molecule has 4 aliphatic carbocycles. The van der Waals surface area contributed by atoms with Gasteiger partial charge in [0, 0.05) is 19.3 Å². The summed E-state index contributed by atoms with van der Waals surface area (Å²) in [6, 6.07) is 0. The summed E-state index contributed by atoms with van der Waals surface area (Å²) in [6.45, 7) is 15.7. The third-order valence-corrected chi connectivity index (χ3v) is 15.4. The fourth-order valence-corrected chi connectivity index (χ4v) is 12.9. The van der Waals surface area contributed by atoms with E-state index in [1.165, 1.54) is 135 Å². The number of nitrogens with zero attached hydrogens (tertiary/aromatic N) is 1. The fraction of sp³-hybridized carbons (Fsp3) is 0.944. The van der Waals surface area contributed by atoms with Crippen molar-refractivity contribution >= 4 is 17.9 Å². The number of esters is 3. The lowest BCUT2D eigenvalue weighted by Gasteiger charge is -2.67. The molecule has 0 heterocycles. The second-order valence-corrected chi connectivity index (χ2v) is 21.0. The van der Waals surface area contributed by atoms with Crippen LogP contribution in [0.25, 0.3) is 0 Å². The van der Waals surface area contributed by atoms with E-state index in [9.17, 15) is 14.4 Å². The van der Waals surface area contributed by atoms with Gasteiger partial charge in [-0.05, 0) is 150 Å². The van der Waals surface area contributed by atoms with Crippen LogP contribution in [0.1, 0.15) is 259 Å². The molecule has 5 unspecified atom stereocenters. The Labute approximate surface area is 377 Å². The van der Waals surface area contributed by atoms with Crippen LogP contribution in [0.15, 0.2) is 0 Å². The summed E-state index contributed by atoms with van der Waals surface area (Å²) < 4.78 is 17.7. The normalized spacial score (nSPS) is 23.4. The largest absolute Gasteiger partial charge is 0.466 e. The molecule has 5 atom stereocenters. The molecule has 356 valence electrons. The van der Waals surface area contributed by atoms with Crippen molar-refractivity contribution in [2.24, 2.45) is 28.1 Å². The van der Waals surface area contributed by atoms with Crippen LogP contribution in [0.3, 0.4) is 0 Å². The quantitative estimate of drug-likeness (QED) is 0.0345. The summed E-state index contributed by atoms with van der Waals surface area (Å²) in [4.78, 5) is 40.9. The molecule has 4 rings (SSSR count). The number of carbonyl (C=O) groups is 3. The Hall–Kier alpha value is -1.63. The molecule has 0 aliphatic heterocycles. The maximum atomic E-state index is 13.3. The first-order valence-electron chi connectivity index (χ1n) is 26.8. The lowest BCUT2D eigenvalue weighted by atomic mass is 9.37. The molecule has 0 aromatic carbocycles. The highest BCUT2D eigenvalue weighted by atomic mass is 16.5. The number of ether oxygens (including phenoxy) is 3. The van der Waals surface area contributed by atoms with E-state index in [1.54, 1.807) is 0 Å². The van der Waals surface area contributed by atoms with Gasteiger partial charge in [0.15, 0.2) is 0 Å². The molecule has 0 radical (unpaired) electrons. The van der Waals surface area contributed by atoms with Crippen molar-refractivity contribution < 1.29 is 28.6 Å². The topological polar surface area (TPSA) is 82.1 Å². The minimum Gasteiger partial charge on any atom is -0.466 e. The first kappa shape index (κ1) is 53.7. The summed E-state index contributed by atoms with van der Waals surface area (Å²) in [6.07, 6.45) is 40.1. The van der Waals surface area contributed by atoms with E-state index in [4.69, 9.17) is 14.2 Å². The average molecular weight is 858 g/mol. The zero-order valence-electron chi connectivity index (χ0n) is 41.0.